The molecular weight excluding hydrogens is 594 g/mol. The number of sulfone groups is 1. The summed E-state index contributed by atoms with van der Waals surface area (Å²) in [7, 11) is -3.82. The molecule has 1 saturated heterocycles. The predicted molar refractivity (Wildman–Crippen MR) is 140 cm³/mol. The van der Waals surface area contributed by atoms with E-state index in [-0.39, 0.29) is 25.9 Å². The molecule has 1 fully saturated rings. The highest BCUT2D eigenvalue weighted by molar-refractivity contribution is 7.93. The Morgan fingerprint density at radius 3 is 2.51 bits per heavy atom. The van der Waals surface area contributed by atoms with E-state index in [1.807, 2.05) is 6.92 Å². The number of anilines is 2. The maximum absolute atomic E-state index is 15.0. The number of thiazole rings is 1. The van der Waals surface area contributed by atoms with E-state index in [1.165, 1.54) is 31.2 Å². The highest BCUT2D eigenvalue weighted by Crippen LogP contribution is 2.32. The molecule has 0 bridgehead atoms. The first-order valence-corrected chi connectivity index (χ1v) is 14.5. The predicted octanol–water partition coefficient (Wildman–Crippen LogP) is 4.46. The van der Waals surface area contributed by atoms with E-state index in [2.05, 4.69) is 25.2 Å². The van der Waals surface area contributed by atoms with Gasteiger partial charge in [-0.25, -0.2) is 23.2 Å². The minimum atomic E-state index is -5.08. The second-order valence-electron chi connectivity index (χ2n) is 8.46. The maximum Gasteiger partial charge on any atom is 0.490 e. The lowest BCUT2D eigenvalue weighted by Crippen LogP contribution is -2.25. The van der Waals surface area contributed by atoms with Crippen molar-refractivity contribution < 1.29 is 45.4 Å². The number of ether oxygens (including phenoxy) is 2. The van der Waals surface area contributed by atoms with Crippen LogP contribution in [-0.4, -0.2) is 78.4 Å². The molecule has 1 aliphatic heterocycles. The summed E-state index contributed by atoms with van der Waals surface area (Å²) in [4.78, 5) is 23.5. The molecule has 0 atom stereocenters. The highest BCUT2D eigenvalue weighted by Gasteiger charge is 2.38. The van der Waals surface area contributed by atoms with Gasteiger partial charge < -0.3 is 19.9 Å². The standard InChI is InChI=1S/C22H26FN5O4S2.C2HF3O2/c1-3-31-16-7-6-8-17(13-16)34(29,30)18-14-24-22(33-18)27-20-19(23)21(26-15(2)25-20)32-12-11-28-9-4-5-10-28;3-2(4,5)1(6)7/h6-8,13-14H,3-5,9-12H2,1-2H3,(H,24,25,26,27);(H,6,7). The summed E-state index contributed by atoms with van der Waals surface area (Å²) >= 11 is 0.878. The maximum atomic E-state index is 15.0. The van der Waals surface area contributed by atoms with E-state index in [4.69, 9.17) is 19.4 Å². The van der Waals surface area contributed by atoms with Gasteiger partial charge >= 0.3 is 12.1 Å². The smallest absolute Gasteiger partial charge is 0.490 e. The number of likely N-dealkylation sites (tertiary alicyclic amines) is 1. The molecule has 0 spiro atoms. The Morgan fingerprint density at radius 2 is 1.88 bits per heavy atom. The number of alkyl halides is 3. The molecule has 1 aromatic carbocycles. The third kappa shape index (κ3) is 8.96. The number of rotatable bonds is 10. The monoisotopic (exact) mass is 621 g/mol. The molecular formula is C24H27F4N5O6S2. The van der Waals surface area contributed by atoms with Gasteiger partial charge in [0.15, 0.2) is 10.9 Å². The van der Waals surface area contributed by atoms with Crippen molar-refractivity contribution in [1.82, 2.24) is 19.9 Å². The van der Waals surface area contributed by atoms with Crippen molar-refractivity contribution in [2.75, 3.05) is 38.2 Å². The summed E-state index contributed by atoms with van der Waals surface area (Å²) in [5.41, 5.74) is 0. The van der Waals surface area contributed by atoms with Crippen LogP contribution in [0.3, 0.4) is 0 Å². The van der Waals surface area contributed by atoms with Crippen molar-refractivity contribution in [3.05, 3.63) is 42.1 Å². The van der Waals surface area contributed by atoms with Gasteiger partial charge in [0.25, 0.3) is 5.88 Å². The first kappa shape index (κ1) is 32.0. The number of carboxylic acids is 1. The van der Waals surface area contributed by atoms with E-state index in [0.717, 1.165) is 24.4 Å². The third-order valence-corrected chi connectivity index (χ3v) is 8.55. The number of aromatic nitrogens is 3. The van der Waals surface area contributed by atoms with Gasteiger partial charge in [-0.1, -0.05) is 17.4 Å². The largest absolute Gasteiger partial charge is 0.494 e. The summed E-state index contributed by atoms with van der Waals surface area (Å²) in [5.74, 6) is -3.00. The van der Waals surface area contributed by atoms with Crippen molar-refractivity contribution in [3.63, 3.8) is 0 Å². The van der Waals surface area contributed by atoms with Gasteiger partial charge in [0.05, 0.1) is 17.7 Å². The lowest BCUT2D eigenvalue weighted by atomic mass is 10.3. The quantitative estimate of drug-likeness (QED) is 0.310. The second kappa shape index (κ2) is 13.9. The van der Waals surface area contributed by atoms with Crippen molar-refractivity contribution in [2.24, 2.45) is 0 Å². The molecule has 41 heavy (non-hydrogen) atoms. The fourth-order valence-electron chi connectivity index (χ4n) is 3.55. The molecule has 3 aromatic rings. The summed E-state index contributed by atoms with van der Waals surface area (Å²) in [5, 5.41) is 10.1. The Balaban J connectivity index is 0.000000587. The Labute approximate surface area is 237 Å². The average molecular weight is 622 g/mol. The SMILES string of the molecule is CCOc1cccc(S(=O)(=O)c2cnc(Nc3nc(C)nc(OCCN4CCCC4)c3F)s2)c1.O=C(O)C(F)(F)F. The fourth-order valence-corrected chi connectivity index (χ4v) is 6.01. The Hall–Kier alpha value is -3.57. The van der Waals surface area contributed by atoms with Crippen molar-refractivity contribution >= 4 is 38.1 Å². The highest BCUT2D eigenvalue weighted by atomic mass is 32.2. The summed E-state index contributed by atoms with van der Waals surface area (Å²) in [6.45, 7) is 6.92. The molecule has 2 N–H and O–H groups in total. The van der Waals surface area contributed by atoms with Crippen LogP contribution < -0.4 is 14.8 Å². The molecule has 0 amide bonds. The molecule has 224 valence electrons. The normalized spacial score (nSPS) is 13.8. The molecule has 3 heterocycles. The van der Waals surface area contributed by atoms with E-state index in [9.17, 15) is 26.0 Å². The van der Waals surface area contributed by atoms with E-state index in [1.54, 1.807) is 19.1 Å². The molecule has 0 radical (unpaired) electrons. The number of nitrogens with one attached hydrogen (secondary N) is 1. The van der Waals surface area contributed by atoms with Gasteiger partial charge in [0.1, 0.15) is 22.4 Å². The molecule has 1 aliphatic rings. The molecule has 11 nitrogen and oxygen atoms in total. The number of carboxylic acid groups (broad SMARTS) is 1. The Morgan fingerprint density at radius 1 is 1.20 bits per heavy atom. The van der Waals surface area contributed by atoms with Crippen LogP contribution in [-0.2, 0) is 14.6 Å². The van der Waals surface area contributed by atoms with Gasteiger partial charge in [-0.2, -0.15) is 22.5 Å². The van der Waals surface area contributed by atoms with Crippen molar-refractivity contribution in [2.45, 2.75) is 42.0 Å². The molecule has 4 rings (SSSR count). The average Bonchev–Trinajstić information content (AvgIpc) is 3.60. The number of carbonyl (C=O) groups is 1. The first-order chi connectivity index (χ1) is 19.3. The Bertz CT molecular complexity index is 1450. The fraction of sp³-hybridized carbons (Fsp3) is 0.417. The van der Waals surface area contributed by atoms with Crippen LogP contribution >= 0.6 is 11.3 Å². The number of benzene rings is 1. The van der Waals surface area contributed by atoms with Crippen LogP contribution in [0.25, 0.3) is 0 Å². The summed E-state index contributed by atoms with van der Waals surface area (Å²) in [6, 6.07) is 6.25. The molecule has 17 heteroatoms. The topological polar surface area (TPSA) is 144 Å². The lowest BCUT2D eigenvalue weighted by molar-refractivity contribution is -0.192. The van der Waals surface area contributed by atoms with Gasteiger partial charge in [-0.15, -0.1) is 0 Å². The van der Waals surface area contributed by atoms with Crippen LogP contribution in [0.2, 0.25) is 0 Å². The Kier molecular flexibility index (Phi) is 10.8. The number of aliphatic carboxylic acids is 1. The van der Waals surface area contributed by atoms with E-state index < -0.39 is 27.8 Å². The first-order valence-electron chi connectivity index (χ1n) is 12.2. The molecule has 0 aliphatic carbocycles. The number of aryl methyl sites for hydroxylation is 1. The molecule has 0 saturated carbocycles. The van der Waals surface area contributed by atoms with E-state index >= 15 is 0 Å². The minimum absolute atomic E-state index is 0.0110. The lowest BCUT2D eigenvalue weighted by Gasteiger charge is -2.15. The van der Waals surface area contributed by atoms with Crippen LogP contribution in [0.5, 0.6) is 11.6 Å². The molecule has 2 aromatic heterocycles. The number of nitrogens with zero attached hydrogens (tertiary/aromatic N) is 4. The zero-order chi connectivity index (χ0) is 30.2. The minimum Gasteiger partial charge on any atom is -0.494 e. The van der Waals surface area contributed by atoms with Gasteiger partial charge in [-0.3, -0.25) is 4.90 Å². The van der Waals surface area contributed by atoms with Crippen LogP contribution in [0.4, 0.5) is 28.5 Å². The van der Waals surface area contributed by atoms with Crippen LogP contribution in [0.15, 0.2) is 39.6 Å². The van der Waals surface area contributed by atoms with Gasteiger partial charge in [-0.05, 0) is 58.0 Å². The number of hydrogen-bond acceptors (Lipinski definition) is 11. The number of halogens is 4. The van der Waals surface area contributed by atoms with E-state index in [0.29, 0.717) is 31.3 Å². The number of hydrogen-bond donors (Lipinski definition) is 2. The zero-order valence-electron chi connectivity index (χ0n) is 21.9. The van der Waals surface area contributed by atoms with Crippen LogP contribution in [0, 0.1) is 12.7 Å². The molecule has 0 unspecified atom stereocenters. The van der Waals surface area contributed by atoms with Gasteiger partial charge in [0, 0.05) is 6.54 Å². The summed E-state index contributed by atoms with van der Waals surface area (Å²) in [6.07, 6.45) is -1.52. The van der Waals surface area contributed by atoms with Crippen molar-refractivity contribution in [3.8, 4) is 11.6 Å². The summed E-state index contributed by atoms with van der Waals surface area (Å²) < 4.78 is 83.7. The third-order valence-electron chi connectivity index (χ3n) is 5.42. The van der Waals surface area contributed by atoms with Gasteiger partial charge in [0.2, 0.25) is 15.7 Å². The van der Waals surface area contributed by atoms with Crippen LogP contribution in [0.1, 0.15) is 25.6 Å². The second-order valence-corrected chi connectivity index (χ2v) is 11.7. The van der Waals surface area contributed by atoms with Crippen molar-refractivity contribution in [1.29, 1.82) is 0 Å². The zero-order valence-corrected chi connectivity index (χ0v) is 23.6.